The molecular formula is C27H30N4O5S. The molecule has 1 aliphatic rings. The molecule has 194 valence electrons. The van der Waals surface area contributed by atoms with Crippen LogP contribution >= 0.6 is 11.3 Å². The molecule has 3 amide bonds. The second kappa shape index (κ2) is 12.4. The Morgan fingerprint density at radius 2 is 1.78 bits per heavy atom. The molecule has 37 heavy (non-hydrogen) atoms. The van der Waals surface area contributed by atoms with E-state index < -0.39 is 0 Å². The van der Waals surface area contributed by atoms with Crippen LogP contribution in [0.2, 0.25) is 0 Å². The van der Waals surface area contributed by atoms with E-state index >= 15 is 0 Å². The summed E-state index contributed by atoms with van der Waals surface area (Å²) in [5.41, 5.74) is 2.15. The number of benzene rings is 2. The molecule has 0 spiro atoms. The Bertz CT molecular complexity index is 1240. The lowest BCUT2D eigenvalue weighted by Gasteiger charge is -2.21. The van der Waals surface area contributed by atoms with Gasteiger partial charge in [-0.1, -0.05) is 24.3 Å². The van der Waals surface area contributed by atoms with Crippen molar-refractivity contribution < 1.29 is 23.9 Å². The lowest BCUT2D eigenvalue weighted by atomic mass is 10.1. The Kier molecular flexibility index (Phi) is 8.73. The summed E-state index contributed by atoms with van der Waals surface area (Å²) in [6, 6.07) is 14.7. The van der Waals surface area contributed by atoms with E-state index in [0.717, 1.165) is 18.4 Å². The number of hydrogen-bond acceptors (Lipinski definition) is 7. The number of nitrogens with one attached hydrogen (secondary N) is 2. The van der Waals surface area contributed by atoms with Gasteiger partial charge in [0.1, 0.15) is 6.54 Å². The van der Waals surface area contributed by atoms with Crippen LogP contribution in [0.3, 0.4) is 0 Å². The monoisotopic (exact) mass is 522 g/mol. The van der Waals surface area contributed by atoms with Gasteiger partial charge in [0.2, 0.25) is 11.8 Å². The predicted octanol–water partition coefficient (Wildman–Crippen LogP) is 3.31. The summed E-state index contributed by atoms with van der Waals surface area (Å²) in [7, 11) is 3.17. The zero-order chi connectivity index (χ0) is 26.2. The minimum Gasteiger partial charge on any atom is -0.493 e. The number of amides is 3. The third-order valence-electron chi connectivity index (χ3n) is 5.91. The minimum atomic E-state index is -0.309. The Morgan fingerprint density at radius 1 is 1.03 bits per heavy atom. The number of methoxy groups -OCH3 is 2. The molecule has 0 unspecified atom stereocenters. The second-order valence-corrected chi connectivity index (χ2v) is 9.55. The van der Waals surface area contributed by atoms with Crippen molar-refractivity contribution in [2.24, 2.45) is 0 Å². The van der Waals surface area contributed by atoms with Gasteiger partial charge in [0.15, 0.2) is 16.6 Å². The van der Waals surface area contributed by atoms with Gasteiger partial charge >= 0.3 is 0 Å². The molecule has 9 nitrogen and oxygen atoms in total. The number of ether oxygens (including phenoxy) is 2. The van der Waals surface area contributed by atoms with Gasteiger partial charge in [0.25, 0.3) is 5.91 Å². The quantitative estimate of drug-likeness (QED) is 0.378. The summed E-state index contributed by atoms with van der Waals surface area (Å²) >= 11 is 1.25. The average Bonchev–Trinajstić information content (AvgIpc) is 3.67. The first-order chi connectivity index (χ1) is 18.0. The third-order valence-corrected chi connectivity index (χ3v) is 6.71. The van der Waals surface area contributed by atoms with E-state index in [1.165, 1.54) is 11.3 Å². The molecule has 0 aliphatic heterocycles. The molecule has 2 aromatic carbocycles. The van der Waals surface area contributed by atoms with Crippen LogP contribution in [0.1, 0.15) is 34.5 Å². The fraction of sp³-hybridized carbons (Fsp3) is 0.333. The molecule has 1 aromatic heterocycles. The molecule has 1 saturated carbocycles. The van der Waals surface area contributed by atoms with Gasteiger partial charge in [-0.15, -0.1) is 11.3 Å². The first kappa shape index (κ1) is 26.2. The molecule has 0 bridgehead atoms. The van der Waals surface area contributed by atoms with Crippen LogP contribution in [0, 0.1) is 0 Å². The smallest absolute Gasteiger partial charge is 0.254 e. The second-order valence-electron chi connectivity index (χ2n) is 8.69. The van der Waals surface area contributed by atoms with Crippen molar-refractivity contribution in [3.8, 4) is 11.5 Å². The van der Waals surface area contributed by atoms with Crippen molar-refractivity contribution in [1.82, 2.24) is 15.2 Å². The molecule has 2 N–H and O–H groups in total. The van der Waals surface area contributed by atoms with Gasteiger partial charge < -0.3 is 25.0 Å². The van der Waals surface area contributed by atoms with Gasteiger partial charge in [-0.05, 0) is 49.1 Å². The molecule has 0 atom stereocenters. The van der Waals surface area contributed by atoms with Gasteiger partial charge in [0, 0.05) is 23.5 Å². The van der Waals surface area contributed by atoms with E-state index in [0.29, 0.717) is 40.9 Å². The molecule has 1 aliphatic carbocycles. The van der Waals surface area contributed by atoms with Crippen molar-refractivity contribution in [3.05, 3.63) is 70.7 Å². The number of rotatable bonds is 12. The third kappa shape index (κ3) is 7.29. The van der Waals surface area contributed by atoms with Crippen LogP contribution in [-0.2, 0) is 22.4 Å². The number of thiazole rings is 1. The number of aromatic nitrogens is 1. The maximum atomic E-state index is 12.9. The summed E-state index contributed by atoms with van der Waals surface area (Å²) in [4.78, 5) is 43.9. The topological polar surface area (TPSA) is 110 Å². The van der Waals surface area contributed by atoms with Crippen LogP contribution in [0.25, 0.3) is 0 Å². The predicted molar refractivity (Wildman–Crippen MR) is 141 cm³/mol. The Hall–Kier alpha value is -3.92. The SMILES string of the molecule is COc1ccc(CCNC(=O)Cc2csc(NC(=O)CN(C(=O)c3ccccc3)C3CC3)n2)cc1OC. The normalized spacial score (nSPS) is 12.5. The Morgan fingerprint density at radius 3 is 2.49 bits per heavy atom. The van der Waals surface area contributed by atoms with Crippen molar-refractivity contribution in [2.75, 3.05) is 32.6 Å². The van der Waals surface area contributed by atoms with Gasteiger partial charge in [-0.2, -0.15) is 0 Å². The molecule has 1 heterocycles. The number of anilines is 1. The summed E-state index contributed by atoms with van der Waals surface area (Å²) in [6.45, 7) is 0.429. The summed E-state index contributed by atoms with van der Waals surface area (Å²) < 4.78 is 10.6. The molecule has 0 radical (unpaired) electrons. The van der Waals surface area contributed by atoms with Crippen molar-refractivity contribution in [3.63, 3.8) is 0 Å². The molecular weight excluding hydrogens is 492 g/mol. The highest BCUT2D eigenvalue weighted by Gasteiger charge is 2.34. The highest BCUT2D eigenvalue weighted by Crippen LogP contribution is 2.29. The maximum Gasteiger partial charge on any atom is 0.254 e. The zero-order valence-electron chi connectivity index (χ0n) is 20.9. The van der Waals surface area contributed by atoms with Crippen molar-refractivity contribution in [1.29, 1.82) is 0 Å². The van der Waals surface area contributed by atoms with E-state index in [1.807, 2.05) is 36.4 Å². The van der Waals surface area contributed by atoms with Gasteiger partial charge in [0.05, 0.1) is 26.3 Å². The average molecular weight is 523 g/mol. The van der Waals surface area contributed by atoms with Crippen LogP contribution < -0.4 is 20.1 Å². The Balaban J connectivity index is 1.23. The zero-order valence-corrected chi connectivity index (χ0v) is 21.7. The first-order valence-corrected chi connectivity index (χ1v) is 12.9. The minimum absolute atomic E-state index is 0.0378. The van der Waals surface area contributed by atoms with Gasteiger partial charge in [-0.3, -0.25) is 14.4 Å². The Labute approximate surface area is 219 Å². The van der Waals surface area contributed by atoms with Crippen LogP contribution in [0.4, 0.5) is 5.13 Å². The van der Waals surface area contributed by atoms with Crippen LogP contribution in [-0.4, -0.2) is 61.0 Å². The highest BCUT2D eigenvalue weighted by atomic mass is 32.1. The van der Waals surface area contributed by atoms with Gasteiger partial charge in [-0.25, -0.2) is 4.98 Å². The first-order valence-electron chi connectivity index (χ1n) is 12.0. The lowest BCUT2D eigenvalue weighted by Crippen LogP contribution is -2.39. The molecule has 4 rings (SSSR count). The van der Waals surface area contributed by atoms with E-state index in [9.17, 15) is 14.4 Å². The summed E-state index contributed by atoms with van der Waals surface area (Å²) in [5.74, 6) is 0.689. The van der Waals surface area contributed by atoms with E-state index in [-0.39, 0.29) is 36.7 Å². The number of carbonyl (C=O) groups is 3. The fourth-order valence-corrected chi connectivity index (χ4v) is 4.59. The summed E-state index contributed by atoms with van der Waals surface area (Å²) in [5, 5.41) is 7.80. The fourth-order valence-electron chi connectivity index (χ4n) is 3.87. The summed E-state index contributed by atoms with van der Waals surface area (Å²) in [6.07, 6.45) is 2.55. The number of hydrogen-bond donors (Lipinski definition) is 2. The maximum absolute atomic E-state index is 12.9. The van der Waals surface area contributed by atoms with Crippen molar-refractivity contribution in [2.45, 2.75) is 31.7 Å². The van der Waals surface area contributed by atoms with E-state index in [2.05, 4.69) is 15.6 Å². The molecule has 3 aromatic rings. The van der Waals surface area contributed by atoms with Crippen molar-refractivity contribution >= 4 is 34.2 Å². The number of nitrogens with zero attached hydrogens (tertiary/aromatic N) is 2. The standard InChI is InChI=1S/C27H30N4O5S/c1-35-22-11-8-18(14-23(22)36-2)12-13-28-24(32)15-20-17-37-27(29-20)30-25(33)16-31(21-9-10-21)26(34)19-6-4-3-5-7-19/h3-8,11,14,17,21H,9-10,12-13,15-16H2,1-2H3,(H,28,32)(H,29,30,33). The van der Waals surface area contributed by atoms with Crippen LogP contribution in [0.15, 0.2) is 53.9 Å². The lowest BCUT2D eigenvalue weighted by molar-refractivity contribution is -0.120. The molecule has 0 saturated heterocycles. The van der Waals surface area contributed by atoms with Crippen LogP contribution in [0.5, 0.6) is 11.5 Å². The number of carbonyl (C=O) groups excluding carboxylic acids is 3. The molecule has 1 fully saturated rings. The van der Waals surface area contributed by atoms with E-state index in [1.54, 1.807) is 36.6 Å². The largest absolute Gasteiger partial charge is 0.493 e. The molecule has 10 heteroatoms. The van der Waals surface area contributed by atoms with E-state index in [4.69, 9.17) is 9.47 Å². The highest BCUT2D eigenvalue weighted by molar-refractivity contribution is 7.13.